The van der Waals surface area contributed by atoms with Crippen molar-refractivity contribution in [2.75, 3.05) is 19.8 Å². The maximum absolute atomic E-state index is 12.5. The molecule has 98 valence electrons. The van der Waals surface area contributed by atoms with Crippen LogP contribution >= 0.6 is 0 Å². The Morgan fingerprint density at radius 1 is 1.39 bits per heavy atom. The largest absolute Gasteiger partial charge is 0.377 e. The van der Waals surface area contributed by atoms with E-state index in [1.165, 1.54) is 0 Å². The second kappa shape index (κ2) is 5.08. The van der Waals surface area contributed by atoms with Gasteiger partial charge in [0.25, 0.3) is 0 Å². The summed E-state index contributed by atoms with van der Waals surface area (Å²) in [7, 11) is 0. The third-order valence-corrected chi connectivity index (χ3v) is 3.34. The smallest absolute Gasteiger partial charge is 0.244 e. The van der Waals surface area contributed by atoms with Crippen LogP contribution in [0.25, 0.3) is 0 Å². The minimum Gasteiger partial charge on any atom is -0.377 e. The lowest BCUT2D eigenvalue weighted by Crippen LogP contribution is -2.57. The molecule has 2 N–H and O–H groups in total. The van der Waals surface area contributed by atoms with Crippen molar-refractivity contribution >= 4 is 5.91 Å². The number of carbonyl (C=O) groups excluding carboxylic acids is 1. The van der Waals surface area contributed by atoms with Crippen LogP contribution in [0.5, 0.6) is 0 Å². The van der Waals surface area contributed by atoms with Crippen molar-refractivity contribution in [3.05, 3.63) is 35.9 Å². The van der Waals surface area contributed by atoms with Crippen molar-refractivity contribution in [3.63, 3.8) is 0 Å². The second-order valence-corrected chi connectivity index (χ2v) is 5.24. The molecule has 0 unspecified atom stereocenters. The van der Waals surface area contributed by atoms with Gasteiger partial charge in [0.05, 0.1) is 18.8 Å². The summed E-state index contributed by atoms with van der Waals surface area (Å²) < 4.78 is 5.42. The first-order valence-corrected chi connectivity index (χ1v) is 6.22. The highest BCUT2D eigenvalue weighted by Crippen LogP contribution is 2.23. The standard InChI is InChI=1S/C14H20N2O2/c1-14(2)10-18-9-8-16(14)13(17)12(15)11-6-4-3-5-7-11/h3-7,12H,8-10,15H2,1-2H3/t12-/m0/s1. The van der Waals surface area contributed by atoms with E-state index in [1.807, 2.05) is 49.1 Å². The molecule has 0 saturated carbocycles. The molecule has 1 amide bonds. The molecule has 2 rings (SSSR count). The van der Waals surface area contributed by atoms with Crippen LogP contribution in [0.3, 0.4) is 0 Å². The molecule has 4 nitrogen and oxygen atoms in total. The Labute approximate surface area is 108 Å². The molecule has 4 heteroatoms. The van der Waals surface area contributed by atoms with Gasteiger partial charge in [-0.2, -0.15) is 0 Å². The quantitative estimate of drug-likeness (QED) is 0.859. The van der Waals surface area contributed by atoms with Crippen LogP contribution in [0, 0.1) is 0 Å². The van der Waals surface area contributed by atoms with E-state index in [0.29, 0.717) is 19.8 Å². The normalized spacial score (nSPS) is 20.5. The van der Waals surface area contributed by atoms with E-state index >= 15 is 0 Å². The molecule has 1 heterocycles. The van der Waals surface area contributed by atoms with Crippen molar-refractivity contribution in [3.8, 4) is 0 Å². The fourth-order valence-electron chi connectivity index (χ4n) is 2.24. The van der Waals surface area contributed by atoms with Crippen molar-refractivity contribution in [2.24, 2.45) is 5.73 Å². The predicted molar refractivity (Wildman–Crippen MR) is 70.0 cm³/mol. The van der Waals surface area contributed by atoms with E-state index in [9.17, 15) is 4.79 Å². The summed E-state index contributed by atoms with van der Waals surface area (Å²) in [5.74, 6) is -0.0329. The molecule has 1 aromatic carbocycles. The van der Waals surface area contributed by atoms with Gasteiger partial charge in [-0.1, -0.05) is 30.3 Å². The summed E-state index contributed by atoms with van der Waals surface area (Å²) in [5, 5.41) is 0. The number of hydrogen-bond acceptors (Lipinski definition) is 3. The second-order valence-electron chi connectivity index (χ2n) is 5.24. The van der Waals surface area contributed by atoms with Gasteiger partial charge in [-0.05, 0) is 19.4 Å². The van der Waals surface area contributed by atoms with Crippen LogP contribution < -0.4 is 5.73 Å². The highest BCUT2D eigenvalue weighted by Gasteiger charge is 2.36. The number of rotatable bonds is 2. The van der Waals surface area contributed by atoms with Crippen molar-refractivity contribution in [1.29, 1.82) is 0 Å². The van der Waals surface area contributed by atoms with Crippen LogP contribution in [0.2, 0.25) is 0 Å². The summed E-state index contributed by atoms with van der Waals surface area (Å²) in [6, 6.07) is 8.88. The number of morpholine rings is 1. The summed E-state index contributed by atoms with van der Waals surface area (Å²) in [5.41, 5.74) is 6.62. The summed E-state index contributed by atoms with van der Waals surface area (Å²) >= 11 is 0. The molecule has 18 heavy (non-hydrogen) atoms. The predicted octanol–water partition coefficient (Wildman–Crippen LogP) is 1.32. The summed E-state index contributed by atoms with van der Waals surface area (Å²) in [4.78, 5) is 14.3. The fraction of sp³-hybridized carbons (Fsp3) is 0.500. The lowest BCUT2D eigenvalue weighted by atomic mass is 9.99. The third-order valence-electron chi connectivity index (χ3n) is 3.34. The summed E-state index contributed by atoms with van der Waals surface area (Å²) in [6.45, 7) is 5.74. The molecule has 1 saturated heterocycles. The molecule has 1 aliphatic rings. The molecule has 0 aromatic heterocycles. The summed E-state index contributed by atoms with van der Waals surface area (Å²) in [6.07, 6.45) is 0. The number of ether oxygens (including phenoxy) is 1. The minimum absolute atomic E-state index is 0.0329. The molecule has 1 atom stereocenters. The topological polar surface area (TPSA) is 55.6 Å². The zero-order valence-corrected chi connectivity index (χ0v) is 10.9. The molecule has 1 aromatic rings. The lowest BCUT2D eigenvalue weighted by Gasteiger charge is -2.43. The highest BCUT2D eigenvalue weighted by atomic mass is 16.5. The van der Waals surface area contributed by atoms with Gasteiger partial charge in [-0.25, -0.2) is 0 Å². The van der Waals surface area contributed by atoms with Gasteiger partial charge in [-0.3, -0.25) is 4.79 Å². The fourth-order valence-corrected chi connectivity index (χ4v) is 2.24. The molecule has 0 bridgehead atoms. The Kier molecular flexibility index (Phi) is 3.68. The average molecular weight is 248 g/mol. The van der Waals surface area contributed by atoms with Gasteiger partial charge < -0.3 is 15.4 Å². The Balaban J connectivity index is 2.16. The van der Waals surface area contributed by atoms with E-state index in [-0.39, 0.29) is 11.4 Å². The van der Waals surface area contributed by atoms with E-state index in [4.69, 9.17) is 10.5 Å². The van der Waals surface area contributed by atoms with Gasteiger partial charge in [0.1, 0.15) is 6.04 Å². The Morgan fingerprint density at radius 3 is 2.67 bits per heavy atom. The van der Waals surface area contributed by atoms with Crippen LogP contribution in [-0.2, 0) is 9.53 Å². The average Bonchev–Trinajstić information content (AvgIpc) is 2.37. The third kappa shape index (κ3) is 2.54. The van der Waals surface area contributed by atoms with Gasteiger partial charge in [0.2, 0.25) is 5.91 Å². The highest BCUT2D eigenvalue weighted by molar-refractivity contribution is 5.83. The molecule has 0 spiro atoms. The number of hydrogen-bond donors (Lipinski definition) is 1. The zero-order valence-electron chi connectivity index (χ0n) is 10.9. The number of benzene rings is 1. The van der Waals surface area contributed by atoms with Crippen LogP contribution in [0.15, 0.2) is 30.3 Å². The van der Waals surface area contributed by atoms with Gasteiger partial charge in [0.15, 0.2) is 0 Å². The first-order valence-electron chi connectivity index (χ1n) is 6.22. The van der Waals surface area contributed by atoms with Crippen LogP contribution in [0.1, 0.15) is 25.5 Å². The van der Waals surface area contributed by atoms with E-state index in [2.05, 4.69) is 0 Å². The molecular weight excluding hydrogens is 228 g/mol. The lowest BCUT2D eigenvalue weighted by molar-refractivity contribution is -0.147. The van der Waals surface area contributed by atoms with Gasteiger partial charge in [0, 0.05) is 6.54 Å². The number of carbonyl (C=O) groups is 1. The SMILES string of the molecule is CC1(C)COCCN1C(=O)[C@@H](N)c1ccccc1. The monoisotopic (exact) mass is 248 g/mol. The van der Waals surface area contributed by atoms with Crippen molar-refractivity contribution in [2.45, 2.75) is 25.4 Å². The molecule has 1 fully saturated rings. The van der Waals surface area contributed by atoms with Crippen LogP contribution in [-0.4, -0.2) is 36.1 Å². The van der Waals surface area contributed by atoms with Crippen molar-refractivity contribution in [1.82, 2.24) is 4.90 Å². The number of nitrogens with two attached hydrogens (primary N) is 1. The maximum atomic E-state index is 12.5. The Morgan fingerprint density at radius 2 is 2.06 bits per heavy atom. The maximum Gasteiger partial charge on any atom is 0.244 e. The minimum atomic E-state index is -0.594. The molecule has 1 aliphatic heterocycles. The Bertz CT molecular complexity index is 417. The zero-order chi connectivity index (χ0) is 13.2. The molecule has 0 aliphatic carbocycles. The molecular formula is C14H20N2O2. The van der Waals surface area contributed by atoms with E-state index < -0.39 is 6.04 Å². The number of nitrogens with zero attached hydrogens (tertiary/aromatic N) is 1. The van der Waals surface area contributed by atoms with Crippen LogP contribution in [0.4, 0.5) is 0 Å². The first-order chi connectivity index (χ1) is 8.52. The van der Waals surface area contributed by atoms with E-state index in [1.54, 1.807) is 0 Å². The molecule has 0 radical (unpaired) electrons. The number of amides is 1. The van der Waals surface area contributed by atoms with Gasteiger partial charge >= 0.3 is 0 Å². The van der Waals surface area contributed by atoms with Gasteiger partial charge in [-0.15, -0.1) is 0 Å². The Hall–Kier alpha value is -1.39. The van der Waals surface area contributed by atoms with Crippen molar-refractivity contribution < 1.29 is 9.53 Å². The first kappa shape index (κ1) is 13.1. The van der Waals surface area contributed by atoms with E-state index in [0.717, 1.165) is 5.56 Å².